The molecule has 1 saturated heterocycles. The van der Waals surface area contributed by atoms with Crippen LogP contribution in [0.15, 0.2) is 47.8 Å². The first kappa shape index (κ1) is 26.2. The second-order valence-electron chi connectivity index (χ2n) is 9.75. The van der Waals surface area contributed by atoms with Crippen molar-refractivity contribution in [3.05, 3.63) is 53.9 Å². The maximum atomic E-state index is 13.0. The van der Waals surface area contributed by atoms with Crippen molar-refractivity contribution in [2.45, 2.75) is 63.0 Å². The van der Waals surface area contributed by atoms with Gasteiger partial charge < -0.3 is 19.7 Å². The molecule has 2 aliphatic rings. The third-order valence-electron chi connectivity index (χ3n) is 6.68. The Morgan fingerprint density at radius 3 is 2.84 bits per heavy atom. The Balaban J connectivity index is 1.39. The van der Waals surface area contributed by atoms with Crippen LogP contribution in [0.1, 0.15) is 43.9 Å². The second kappa shape index (κ2) is 10.8. The van der Waals surface area contributed by atoms with E-state index in [4.69, 9.17) is 9.39 Å². The zero-order chi connectivity index (χ0) is 26.9. The molecule has 0 saturated carbocycles. The fourth-order valence-corrected chi connectivity index (χ4v) is 5.57. The summed E-state index contributed by atoms with van der Waals surface area (Å²) in [5.74, 6) is 0.395. The number of carbonyl (C=O) groups excluding carboxylic acids is 1. The minimum absolute atomic E-state index is 0.0197. The van der Waals surface area contributed by atoms with Gasteiger partial charge in [0.05, 0.1) is 12.3 Å². The number of amides is 2. The average Bonchev–Trinajstić information content (AvgIpc) is 3.56. The van der Waals surface area contributed by atoms with Crippen molar-refractivity contribution in [2.75, 3.05) is 11.9 Å². The van der Waals surface area contributed by atoms with Crippen molar-refractivity contribution in [2.24, 2.45) is 0 Å². The van der Waals surface area contributed by atoms with Gasteiger partial charge in [-0.15, -0.1) is 0 Å². The molecule has 3 N–H and O–H groups in total. The van der Waals surface area contributed by atoms with Gasteiger partial charge >= 0.3 is 13.1 Å². The first-order chi connectivity index (χ1) is 18.2. The molecule has 3 aromatic rings. The molecule has 0 spiro atoms. The number of fused-ring (bicyclic) bond motifs is 1. The number of aryl methyl sites for hydroxylation is 1. The highest BCUT2D eigenvalue weighted by molar-refractivity contribution is 7.90. The number of anilines is 1. The van der Waals surface area contributed by atoms with Crippen LogP contribution in [0.5, 0.6) is 5.88 Å². The first-order valence-electron chi connectivity index (χ1n) is 12.7. The van der Waals surface area contributed by atoms with Crippen molar-refractivity contribution in [1.82, 2.24) is 19.5 Å². The van der Waals surface area contributed by atoms with Crippen molar-refractivity contribution < 1.29 is 27.6 Å². The molecule has 200 valence electrons. The standard InChI is InChI=1S/C25H30BN5O6S/c1-16(2)31-13-10-23(29-31)38(34,35)30-25(32)28-24-20-5-3-4-17(20)6-7-21(24)18-9-12-27-22(14-18)37-19-8-11-26(33)36-15-19/h6-7,9-10,12-14,16,19,33H,3-5,8,11,15H2,1-2H3,(H2,28,30,32). The van der Waals surface area contributed by atoms with Gasteiger partial charge in [0, 0.05) is 30.1 Å². The van der Waals surface area contributed by atoms with E-state index in [1.54, 1.807) is 18.5 Å². The van der Waals surface area contributed by atoms with Crippen LogP contribution in [0.3, 0.4) is 0 Å². The second-order valence-corrected chi connectivity index (χ2v) is 11.4. The van der Waals surface area contributed by atoms with Gasteiger partial charge in [0.1, 0.15) is 6.10 Å². The van der Waals surface area contributed by atoms with E-state index in [-0.39, 0.29) is 23.8 Å². The summed E-state index contributed by atoms with van der Waals surface area (Å²) in [6.07, 6.45) is 6.67. The van der Waals surface area contributed by atoms with E-state index in [0.29, 0.717) is 24.3 Å². The Labute approximate surface area is 221 Å². The normalized spacial score (nSPS) is 17.4. The Morgan fingerprint density at radius 1 is 1.26 bits per heavy atom. The van der Waals surface area contributed by atoms with E-state index in [1.807, 2.05) is 32.0 Å². The van der Waals surface area contributed by atoms with E-state index in [2.05, 4.69) is 20.1 Å². The zero-order valence-electron chi connectivity index (χ0n) is 21.3. The molecule has 2 amide bonds. The number of pyridine rings is 1. The predicted octanol–water partition coefficient (Wildman–Crippen LogP) is 3.17. The van der Waals surface area contributed by atoms with Crippen LogP contribution in [0, 0.1) is 0 Å². The van der Waals surface area contributed by atoms with Gasteiger partial charge in [-0.05, 0) is 74.7 Å². The Hall–Kier alpha value is -3.42. The lowest BCUT2D eigenvalue weighted by atomic mass is 9.80. The lowest BCUT2D eigenvalue weighted by molar-refractivity contribution is 0.0867. The quantitative estimate of drug-likeness (QED) is 0.389. The van der Waals surface area contributed by atoms with Crippen LogP contribution in [0.4, 0.5) is 10.5 Å². The molecule has 11 nitrogen and oxygen atoms in total. The predicted molar refractivity (Wildman–Crippen MR) is 141 cm³/mol. The largest absolute Gasteiger partial charge is 0.472 e. The van der Waals surface area contributed by atoms with Gasteiger partial charge in [0.2, 0.25) is 5.88 Å². The number of nitrogens with one attached hydrogen (secondary N) is 2. The highest BCUT2D eigenvalue weighted by Crippen LogP contribution is 2.38. The summed E-state index contributed by atoms with van der Waals surface area (Å²) in [6.45, 7) is 4.02. The maximum absolute atomic E-state index is 13.0. The topological polar surface area (TPSA) is 145 Å². The molecule has 1 fully saturated rings. The number of aromatic nitrogens is 3. The number of urea groups is 1. The number of benzene rings is 1. The minimum atomic E-state index is -4.16. The average molecular weight is 539 g/mol. The van der Waals surface area contributed by atoms with Crippen LogP contribution in [0.2, 0.25) is 6.32 Å². The molecular weight excluding hydrogens is 509 g/mol. The fourth-order valence-electron chi connectivity index (χ4n) is 4.73. The zero-order valence-corrected chi connectivity index (χ0v) is 22.1. The van der Waals surface area contributed by atoms with Crippen molar-refractivity contribution >= 4 is 28.9 Å². The number of rotatable bonds is 7. The summed E-state index contributed by atoms with van der Waals surface area (Å²) in [5, 5.41) is 16.2. The molecule has 2 aromatic heterocycles. The Kier molecular flexibility index (Phi) is 7.42. The van der Waals surface area contributed by atoms with E-state index in [9.17, 15) is 18.2 Å². The van der Waals surface area contributed by atoms with Crippen LogP contribution >= 0.6 is 0 Å². The summed E-state index contributed by atoms with van der Waals surface area (Å²) < 4.78 is 40.5. The van der Waals surface area contributed by atoms with E-state index in [0.717, 1.165) is 41.5 Å². The number of hydrogen-bond donors (Lipinski definition) is 3. The molecule has 3 heterocycles. The van der Waals surface area contributed by atoms with E-state index < -0.39 is 23.2 Å². The highest BCUT2D eigenvalue weighted by Gasteiger charge is 2.27. The number of sulfonamides is 1. The summed E-state index contributed by atoms with van der Waals surface area (Å²) in [5.41, 5.74) is 4.14. The Bertz CT molecular complexity index is 1440. The van der Waals surface area contributed by atoms with Gasteiger partial charge in [-0.3, -0.25) is 4.68 Å². The van der Waals surface area contributed by atoms with Crippen molar-refractivity contribution in [1.29, 1.82) is 0 Å². The number of nitrogens with zero attached hydrogens (tertiary/aromatic N) is 3. The van der Waals surface area contributed by atoms with Crippen molar-refractivity contribution in [3.63, 3.8) is 0 Å². The maximum Gasteiger partial charge on any atom is 0.454 e. The molecule has 1 aromatic carbocycles. The van der Waals surface area contributed by atoms with Crippen LogP contribution in [0.25, 0.3) is 11.1 Å². The molecule has 5 rings (SSSR count). The summed E-state index contributed by atoms with van der Waals surface area (Å²) in [7, 11) is -4.93. The molecule has 1 aliphatic carbocycles. The molecule has 13 heteroatoms. The first-order valence-corrected chi connectivity index (χ1v) is 14.1. The van der Waals surface area contributed by atoms with Gasteiger partial charge in [-0.1, -0.05) is 12.1 Å². The summed E-state index contributed by atoms with van der Waals surface area (Å²) in [4.78, 5) is 17.3. The SMILES string of the molecule is CC(C)n1ccc(S(=O)(=O)NC(=O)Nc2c(-c3ccnc(OC4CCB(O)OC4)c3)ccc3c2CCC3)n1. The molecule has 38 heavy (non-hydrogen) atoms. The minimum Gasteiger partial charge on any atom is -0.472 e. The third kappa shape index (κ3) is 5.69. The third-order valence-corrected chi connectivity index (χ3v) is 7.90. The number of carbonyl (C=O) groups is 1. The molecule has 0 bridgehead atoms. The Morgan fingerprint density at radius 2 is 2.11 bits per heavy atom. The van der Waals surface area contributed by atoms with Gasteiger partial charge in [-0.2, -0.15) is 13.5 Å². The van der Waals surface area contributed by atoms with Gasteiger partial charge in [-0.25, -0.2) is 14.5 Å². The monoisotopic (exact) mass is 539 g/mol. The van der Waals surface area contributed by atoms with Crippen molar-refractivity contribution in [3.8, 4) is 17.0 Å². The number of hydrogen-bond acceptors (Lipinski definition) is 8. The van der Waals surface area contributed by atoms with Crippen LogP contribution < -0.4 is 14.8 Å². The molecular formula is C25H30BN5O6S. The highest BCUT2D eigenvalue weighted by atomic mass is 32.2. The van der Waals surface area contributed by atoms with Crippen LogP contribution in [-0.2, 0) is 27.5 Å². The van der Waals surface area contributed by atoms with Gasteiger partial charge in [0.25, 0.3) is 10.0 Å². The lowest BCUT2D eigenvalue weighted by Gasteiger charge is -2.24. The molecule has 1 unspecified atom stereocenters. The smallest absolute Gasteiger partial charge is 0.454 e. The van der Waals surface area contributed by atoms with E-state index in [1.165, 1.54) is 10.7 Å². The summed E-state index contributed by atoms with van der Waals surface area (Å²) >= 11 is 0. The van der Waals surface area contributed by atoms with Gasteiger partial charge in [0.15, 0.2) is 5.03 Å². The van der Waals surface area contributed by atoms with E-state index >= 15 is 0 Å². The molecule has 0 radical (unpaired) electrons. The molecule has 1 aliphatic heterocycles. The molecule has 1 atom stereocenters. The summed E-state index contributed by atoms with van der Waals surface area (Å²) in [6, 6.07) is 8.01. The van der Waals surface area contributed by atoms with Crippen LogP contribution in [-0.4, -0.2) is 54.1 Å². The fraction of sp³-hybridized carbons (Fsp3) is 0.400. The lowest BCUT2D eigenvalue weighted by Crippen LogP contribution is -2.35. The number of ether oxygens (including phenoxy) is 1.